The van der Waals surface area contributed by atoms with Crippen molar-refractivity contribution < 1.29 is 54.0 Å². The Morgan fingerprint density at radius 2 is 0.918 bits per heavy atom. The molecule has 0 unspecified atom stereocenters. The molecule has 0 aliphatic heterocycles. The zero-order valence-electron chi connectivity index (χ0n) is 44.9. The number of hydrogen-bond acceptors (Lipinski definition) is 12. The molecule has 6 aromatic heterocycles. The number of alkyl halides is 6. The van der Waals surface area contributed by atoms with E-state index in [2.05, 4.69) is 46.2 Å². The van der Waals surface area contributed by atoms with Gasteiger partial charge < -0.3 is 29.2 Å². The van der Waals surface area contributed by atoms with Gasteiger partial charge in [0.2, 0.25) is 52.5 Å². The van der Waals surface area contributed by atoms with Crippen LogP contribution in [-0.4, -0.2) is 61.5 Å². The van der Waals surface area contributed by atoms with Crippen molar-refractivity contribution in [1.29, 1.82) is 0 Å². The number of rotatable bonds is 14. The third-order valence-corrected chi connectivity index (χ3v) is 14.1. The van der Waals surface area contributed by atoms with Gasteiger partial charge in [-0.15, -0.1) is 15.3 Å². The van der Waals surface area contributed by atoms with Gasteiger partial charge in [-0.2, -0.15) is 39.9 Å². The van der Waals surface area contributed by atoms with Gasteiger partial charge in [-0.1, -0.05) is 47.5 Å². The first-order chi connectivity index (χ1) is 40.5. The lowest BCUT2D eigenvalue weighted by molar-refractivity contribution is -0.138. The van der Waals surface area contributed by atoms with Gasteiger partial charge in [0, 0.05) is 44.9 Å². The Labute approximate surface area is 481 Å². The number of nitrogens with one attached hydrogen (secondary N) is 3. The Kier molecular flexibility index (Phi) is 13.9. The largest absolute Gasteiger partial charge is 0.417 e. The molecule has 428 valence electrons. The number of hydrogen-bond donors (Lipinski definition) is 3. The van der Waals surface area contributed by atoms with Crippen molar-refractivity contribution in [3.63, 3.8) is 0 Å². The third-order valence-electron chi connectivity index (χ3n) is 13.8. The summed E-state index contributed by atoms with van der Waals surface area (Å²) in [4.78, 5) is 54.4. The quantitative estimate of drug-likeness (QED) is 0.0867. The lowest BCUT2D eigenvalue weighted by atomic mass is 9.94. The molecular weight excluding hydrogens is 1130 g/mol. The van der Waals surface area contributed by atoms with Crippen molar-refractivity contribution in [2.45, 2.75) is 59.3 Å². The SMILES string of the molecule is Cc1cc(CC(=O)Nc2ccc(-c3nn4c(C)ncc4o3)cc2)cc(-c2cc(CC(=O)Nc3ccc(-c4nn5c(C)ncc5o4)cc3-c3cc(-c4nn5c(C)ncc5o4)ccc3NC(=O)Cc3ccc(Cl)c(C(F)(F)F)c3)cc(C(F)(F)F)c2)c1. The van der Waals surface area contributed by atoms with Crippen LogP contribution in [-0.2, 0) is 46.0 Å². The number of anilines is 3. The monoisotopic (exact) mass is 1180 g/mol. The van der Waals surface area contributed by atoms with Crippen LogP contribution in [0.1, 0.15) is 50.9 Å². The molecule has 0 fully saturated rings. The summed E-state index contributed by atoms with van der Waals surface area (Å²) in [6.45, 7) is 6.98. The summed E-state index contributed by atoms with van der Waals surface area (Å²) in [5.41, 5.74) is 3.18. The fourth-order valence-electron chi connectivity index (χ4n) is 9.83. The first-order valence-electron chi connectivity index (χ1n) is 26.0. The average Bonchev–Trinajstić information content (AvgIpc) is 3.20. The molecule has 18 nitrogen and oxygen atoms in total. The second-order valence-electron chi connectivity index (χ2n) is 20.1. The number of carbonyl (C=O) groups excluding carboxylic acids is 3. The van der Waals surface area contributed by atoms with Crippen LogP contribution in [0.2, 0.25) is 5.02 Å². The molecule has 0 spiro atoms. The molecule has 0 saturated carbocycles. The van der Waals surface area contributed by atoms with Crippen LogP contribution in [0.4, 0.5) is 43.4 Å². The predicted octanol–water partition coefficient (Wildman–Crippen LogP) is 13.4. The Morgan fingerprint density at radius 1 is 0.471 bits per heavy atom. The van der Waals surface area contributed by atoms with E-state index in [1.807, 2.05) is 0 Å². The second kappa shape index (κ2) is 21.4. The normalized spacial score (nSPS) is 12.0. The number of halogens is 7. The van der Waals surface area contributed by atoms with E-state index < -0.39 is 53.2 Å². The molecule has 0 aliphatic rings. The van der Waals surface area contributed by atoms with E-state index in [0.29, 0.717) is 79.6 Å². The predicted molar refractivity (Wildman–Crippen MR) is 300 cm³/mol. The molecule has 12 rings (SSSR count). The van der Waals surface area contributed by atoms with Gasteiger partial charge in [-0.05, 0) is 140 Å². The lowest BCUT2D eigenvalue weighted by Crippen LogP contribution is -2.17. The highest BCUT2D eigenvalue weighted by atomic mass is 35.5. The maximum absolute atomic E-state index is 14.8. The van der Waals surface area contributed by atoms with Crippen LogP contribution >= 0.6 is 11.6 Å². The Bertz CT molecular complexity index is 4630. The molecule has 25 heteroatoms. The fourth-order valence-corrected chi connectivity index (χ4v) is 10.1. The van der Waals surface area contributed by atoms with E-state index in [4.69, 9.17) is 24.9 Å². The van der Waals surface area contributed by atoms with Gasteiger partial charge in [-0.3, -0.25) is 14.4 Å². The van der Waals surface area contributed by atoms with Gasteiger partial charge in [0.05, 0.1) is 54.0 Å². The van der Waals surface area contributed by atoms with E-state index in [0.717, 1.165) is 24.3 Å². The first kappa shape index (κ1) is 55.2. The van der Waals surface area contributed by atoms with Gasteiger partial charge in [0.15, 0.2) is 0 Å². The number of aromatic nitrogens is 9. The molecule has 0 aliphatic carbocycles. The third kappa shape index (κ3) is 11.5. The number of benzene rings is 6. The van der Waals surface area contributed by atoms with E-state index in [1.54, 1.807) is 105 Å². The average molecular weight is 1180 g/mol. The number of amides is 3. The van der Waals surface area contributed by atoms with E-state index in [9.17, 15) is 40.7 Å². The summed E-state index contributed by atoms with van der Waals surface area (Å²) in [6.07, 6.45) is -6.33. The fraction of sp³-hybridized carbons (Fsp3) is 0.150. The van der Waals surface area contributed by atoms with E-state index >= 15 is 0 Å². The van der Waals surface area contributed by atoms with Crippen molar-refractivity contribution in [3.05, 3.63) is 190 Å². The van der Waals surface area contributed by atoms with Crippen molar-refractivity contribution in [3.8, 4) is 56.6 Å². The Morgan fingerprint density at radius 3 is 1.40 bits per heavy atom. The number of nitrogens with zero attached hydrogens (tertiary/aromatic N) is 9. The summed E-state index contributed by atoms with van der Waals surface area (Å²) in [5, 5.41) is 21.6. The molecule has 3 N–H and O–H groups in total. The number of carbonyl (C=O) groups is 3. The minimum absolute atomic E-state index is 0.00499. The summed E-state index contributed by atoms with van der Waals surface area (Å²) in [7, 11) is 0. The summed E-state index contributed by atoms with van der Waals surface area (Å²) in [5.74, 6) is 0.427. The molecule has 0 bridgehead atoms. The molecule has 6 aromatic carbocycles. The van der Waals surface area contributed by atoms with Crippen molar-refractivity contribution >= 4 is 63.5 Å². The van der Waals surface area contributed by atoms with Crippen LogP contribution in [0.15, 0.2) is 147 Å². The van der Waals surface area contributed by atoms with Gasteiger partial charge in [0.1, 0.15) is 17.5 Å². The van der Waals surface area contributed by atoms with Crippen LogP contribution in [0.25, 0.3) is 73.8 Å². The van der Waals surface area contributed by atoms with Crippen molar-refractivity contribution in [2.24, 2.45) is 0 Å². The Balaban J connectivity index is 0.858. The molecular formula is C60H43ClF6N12O6. The summed E-state index contributed by atoms with van der Waals surface area (Å²) < 4.78 is 108. The molecule has 3 amide bonds. The highest BCUT2D eigenvalue weighted by molar-refractivity contribution is 6.31. The minimum atomic E-state index is -4.84. The molecule has 6 heterocycles. The highest BCUT2D eigenvalue weighted by Crippen LogP contribution is 2.41. The molecule has 0 atom stereocenters. The molecule has 85 heavy (non-hydrogen) atoms. The van der Waals surface area contributed by atoms with Crippen LogP contribution < -0.4 is 16.0 Å². The van der Waals surface area contributed by atoms with Gasteiger partial charge in [0.25, 0.3) is 0 Å². The lowest BCUT2D eigenvalue weighted by Gasteiger charge is -2.18. The Hall–Kier alpha value is -10.4. The maximum Gasteiger partial charge on any atom is 0.417 e. The van der Waals surface area contributed by atoms with Crippen molar-refractivity contribution in [2.75, 3.05) is 16.0 Å². The molecule has 12 aromatic rings. The summed E-state index contributed by atoms with van der Waals surface area (Å²) >= 11 is 5.88. The second-order valence-corrected chi connectivity index (χ2v) is 20.5. The van der Waals surface area contributed by atoms with Crippen molar-refractivity contribution in [1.82, 2.24) is 43.8 Å². The van der Waals surface area contributed by atoms with Crippen LogP contribution in [0.3, 0.4) is 0 Å². The van der Waals surface area contributed by atoms with E-state index in [-0.39, 0.29) is 63.3 Å². The summed E-state index contributed by atoms with van der Waals surface area (Å²) in [6, 6.07) is 27.8. The molecule has 0 radical (unpaired) electrons. The minimum Gasteiger partial charge on any atom is -0.417 e. The maximum atomic E-state index is 14.8. The highest BCUT2D eigenvalue weighted by Gasteiger charge is 2.34. The molecule has 0 saturated heterocycles. The topological polar surface area (TPSA) is 217 Å². The zero-order chi connectivity index (χ0) is 59.6. The van der Waals surface area contributed by atoms with Crippen LogP contribution in [0.5, 0.6) is 0 Å². The number of imidazole rings is 3. The first-order valence-corrected chi connectivity index (χ1v) is 26.3. The standard InChI is InChI=1S/C60H43ClF6N12O6/c1-30-15-35(22-50(80)71-43-10-6-37(7-11-43)56-74-77-31(2)68-27-53(77)83-56)17-40(16-30)41-18-36(19-42(24-41)59(62,63)64)23-52(82)73-49-14-9-39(58-76-79-33(4)70-29-55(79)85-58)26-45(49)44-25-38(57-75-78-32(3)69-28-54(78)84-57)8-13-48(44)72-51(81)21-34-5-12-47(61)46(20-34)60(65,66)67/h5-20,24-29H,21-23H2,1-4H3,(H,71,80)(H,72,81)(H,73,82). The van der Waals surface area contributed by atoms with Gasteiger partial charge >= 0.3 is 12.4 Å². The number of fused-ring (bicyclic) bond motifs is 3. The van der Waals surface area contributed by atoms with E-state index in [1.165, 1.54) is 45.7 Å². The zero-order valence-corrected chi connectivity index (χ0v) is 45.7. The smallest absolute Gasteiger partial charge is 0.417 e. The number of aryl methyl sites for hydroxylation is 4. The van der Waals surface area contributed by atoms with Crippen LogP contribution in [0, 0.1) is 27.7 Å². The van der Waals surface area contributed by atoms with Gasteiger partial charge in [-0.25, -0.2) is 15.0 Å².